The lowest BCUT2D eigenvalue weighted by atomic mass is 10.00. The number of amides is 2. The quantitative estimate of drug-likeness (QED) is 0.924. The summed E-state index contributed by atoms with van der Waals surface area (Å²) in [6.45, 7) is 3.88. The zero-order valence-electron chi connectivity index (χ0n) is 14.8. The molecular weight excluding hydrogens is 302 g/mol. The summed E-state index contributed by atoms with van der Waals surface area (Å²) < 4.78 is 0. The van der Waals surface area contributed by atoms with E-state index in [1.165, 1.54) is 6.42 Å². The van der Waals surface area contributed by atoms with Crippen LogP contribution in [0.3, 0.4) is 0 Å². The van der Waals surface area contributed by atoms with E-state index in [0.717, 1.165) is 30.9 Å². The van der Waals surface area contributed by atoms with E-state index in [9.17, 15) is 9.59 Å². The molecule has 2 amide bonds. The molecule has 2 fully saturated rings. The average Bonchev–Trinajstić information content (AvgIpc) is 3.35. The summed E-state index contributed by atoms with van der Waals surface area (Å²) in [5.41, 5.74) is 1.88. The van der Waals surface area contributed by atoms with Gasteiger partial charge in [-0.3, -0.25) is 9.59 Å². The first-order valence-corrected chi connectivity index (χ1v) is 8.82. The number of nitrogens with zero attached hydrogens (tertiary/aromatic N) is 2. The highest BCUT2D eigenvalue weighted by Crippen LogP contribution is 2.41. The fourth-order valence-electron chi connectivity index (χ4n) is 3.46. The van der Waals surface area contributed by atoms with E-state index in [-0.39, 0.29) is 23.7 Å². The highest BCUT2D eigenvalue weighted by atomic mass is 16.2. The number of hydrogen-bond donors (Lipinski definition) is 1. The van der Waals surface area contributed by atoms with Crippen molar-refractivity contribution in [2.45, 2.75) is 26.2 Å². The van der Waals surface area contributed by atoms with E-state index in [4.69, 9.17) is 0 Å². The van der Waals surface area contributed by atoms with Gasteiger partial charge >= 0.3 is 0 Å². The molecule has 5 heteroatoms. The summed E-state index contributed by atoms with van der Waals surface area (Å²) in [4.78, 5) is 28.9. The van der Waals surface area contributed by atoms with E-state index in [2.05, 4.69) is 12.2 Å². The fourth-order valence-corrected chi connectivity index (χ4v) is 3.46. The number of rotatable bonds is 4. The molecule has 0 radical (unpaired) electrons. The van der Waals surface area contributed by atoms with E-state index in [1.54, 1.807) is 0 Å². The molecule has 0 aromatic heterocycles. The number of nitrogens with one attached hydrogen (secondary N) is 1. The molecule has 1 heterocycles. The second kappa shape index (κ2) is 6.83. The monoisotopic (exact) mass is 329 g/mol. The molecule has 3 rings (SSSR count). The summed E-state index contributed by atoms with van der Waals surface area (Å²) in [5.74, 6) is 0.434. The molecule has 1 N–H and O–H groups in total. The predicted molar refractivity (Wildman–Crippen MR) is 96.0 cm³/mol. The van der Waals surface area contributed by atoms with Crippen LogP contribution in [-0.2, 0) is 9.59 Å². The molecule has 1 saturated heterocycles. The molecule has 1 aliphatic heterocycles. The van der Waals surface area contributed by atoms with E-state index < -0.39 is 0 Å². The highest BCUT2D eigenvalue weighted by molar-refractivity contribution is 5.99. The van der Waals surface area contributed by atoms with Crippen molar-refractivity contribution in [1.82, 2.24) is 4.90 Å². The summed E-state index contributed by atoms with van der Waals surface area (Å²) in [6, 6.07) is 7.75. The molecule has 24 heavy (non-hydrogen) atoms. The van der Waals surface area contributed by atoms with Gasteiger partial charge in [0.1, 0.15) is 0 Å². The summed E-state index contributed by atoms with van der Waals surface area (Å²) in [7, 11) is 3.96. The van der Waals surface area contributed by atoms with Crippen LogP contribution in [0.25, 0.3) is 0 Å². The van der Waals surface area contributed by atoms with Crippen molar-refractivity contribution in [3.05, 3.63) is 24.3 Å². The molecule has 3 unspecified atom stereocenters. The van der Waals surface area contributed by atoms with Crippen LogP contribution in [0, 0.1) is 17.8 Å². The van der Waals surface area contributed by atoms with Crippen molar-refractivity contribution in [3.63, 3.8) is 0 Å². The van der Waals surface area contributed by atoms with Gasteiger partial charge in [-0.25, -0.2) is 0 Å². The first kappa shape index (κ1) is 16.8. The Bertz CT molecular complexity index is 612. The number of likely N-dealkylation sites (tertiary alicyclic amines) is 1. The number of carbonyl (C=O) groups excluding carboxylic acids is 2. The van der Waals surface area contributed by atoms with Gasteiger partial charge in [0.15, 0.2) is 0 Å². The Morgan fingerprint density at radius 2 is 1.88 bits per heavy atom. The minimum absolute atomic E-state index is 0.0315. The smallest absolute Gasteiger partial charge is 0.228 e. The second-order valence-corrected chi connectivity index (χ2v) is 7.41. The molecule has 1 saturated carbocycles. The first-order chi connectivity index (χ1) is 11.5. The molecule has 5 nitrogen and oxygen atoms in total. The van der Waals surface area contributed by atoms with Gasteiger partial charge in [-0.15, -0.1) is 0 Å². The van der Waals surface area contributed by atoms with Crippen molar-refractivity contribution >= 4 is 23.2 Å². The maximum atomic E-state index is 12.5. The van der Waals surface area contributed by atoms with E-state index >= 15 is 0 Å². The third-order valence-electron chi connectivity index (χ3n) is 5.06. The van der Waals surface area contributed by atoms with Crippen molar-refractivity contribution in [2.24, 2.45) is 17.8 Å². The average molecular weight is 329 g/mol. The predicted octanol–water partition coefficient (Wildman–Crippen LogP) is 2.59. The van der Waals surface area contributed by atoms with Crippen LogP contribution in [0.4, 0.5) is 11.4 Å². The van der Waals surface area contributed by atoms with E-state index in [0.29, 0.717) is 12.3 Å². The van der Waals surface area contributed by atoms with Crippen LogP contribution < -0.4 is 10.2 Å². The second-order valence-electron chi connectivity index (χ2n) is 7.41. The lowest BCUT2D eigenvalue weighted by Gasteiger charge is -2.31. The first-order valence-electron chi connectivity index (χ1n) is 8.82. The lowest BCUT2D eigenvalue weighted by molar-refractivity contribution is -0.135. The Balaban J connectivity index is 1.53. The molecule has 0 bridgehead atoms. The Labute approximate surface area is 144 Å². The van der Waals surface area contributed by atoms with Crippen molar-refractivity contribution in [1.29, 1.82) is 0 Å². The van der Waals surface area contributed by atoms with Gasteiger partial charge in [0.05, 0.1) is 11.8 Å². The van der Waals surface area contributed by atoms with Gasteiger partial charge in [0, 0.05) is 38.6 Å². The lowest BCUT2D eigenvalue weighted by Crippen LogP contribution is -2.40. The van der Waals surface area contributed by atoms with Crippen LogP contribution in [-0.4, -0.2) is 43.9 Å². The molecule has 3 atom stereocenters. The Hall–Kier alpha value is -2.04. The van der Waals surface area contributed by atoms with Crippen LogP contribution >= 0.6 is 0 Å². The molecule has 1 aromatic rings. The number of hydrogen-bond acceptors (Lipinski definition) is 3. The highest BCUT2D eigenvalue weighted by Gasteiger charge is 2.49. The van der Waals surface area contributed by atoms with Crippen LogP contribution in [0.1, 0.15) is 26.2 Å². The largest absolute Gasteiger partial charge is 0.378 e. The topological polar surface area (TPSA) is 52.7 Å². The van der Waals surface area contributed by atoms with Crippen LogP contribution in [0.15, 0.2) is 24.3 Å². The van der Waals surface area contributed by atoms with Gasteiger partial charge in [-0.2, -0.15) is 0 Å². The standard InChI is InChI=1S/C19H27N3O2/c1-13-5-4-10-22(12-13)19(24)17-11-16(17)18(23)20-14-6-8-15(9-7-14)21(2)3/h6-9,13,16-17H,4-5,10-12H2,1-3H3,(H,20,23). The van der Waals surface area contributed by atoms with Crippen LogP contribution in [0.2, 0.25) is 0 Å². The SMILES string of the molecule is CC1CCCN(C(=O)C2CC2C(=O)Nc2ccc(N(C)C)cc2)C1. The summed E-state index contributed by atoms with van der Waals surface area (Å²) >= 11 is 0. The maximum Gasteiger partial charge on any atom is 0.228 e. The summed E-state index contributed by atoms with van der Waals surface area (Å²) in [6.07, 6.45) is 2.96. The molecule has 1 aromatic carbocycles. The van der Waals surface area contributed by atoms with Gasteiger partial charge in [-0.1, -0.05) is 6.92 Å². The van der Waals surface area contributed by atoms with Crippen molar-refractivity contribution in [2.75, 3.05) is 37.4 Å². The minimum atomic E-state index is -0.164. The Morgan fingerprint density at radius 3 is 2.50 bits per heavy atom. The molecule has 130 valence electrons. The van der Waals surface area contributed by atoms with Gasteiger partial charge < -0.3 is 15.1 Å². The van der Waals surface area contributed by atoms with Crippen molar-refractivity contribution < 1.29 is 9.59 Å². The molecular formula is C19H27N3O2. The third kappa shape index (κ3) is 3.71. The van der Waals surface area contributed by atoms with Gasteiger partial charge in [-0.05, 0) is 49.4 Å². The van der Waals surface area contributed by atoms with Gasteiger partial charge in [0.2, 0.25) is 11.8 Å². The van der Waals surface area contributed by atoms with E-state index in [1.807, 2.05) is 48.2 Å². The number of benzene rings is 1. The minimum Gasteiger partial charge on any atom is -0.378 e. The summed E-state index contributed by atoms with van der Waals surface area (Å²) in [5, 5.41) is 2.94. The number of piperidine rings is 1. The fraction of sp³-hybridized carbons (Fsp3) is 0.579. The van der Waals surface area contributed by atoms with Crippen molar-refractivity contribution in [3.8, 4) is 0 Å². The molecule has 1 aliphatic carbocycles. The molecule has 2 aliphatic rings. The normalized spacial score (nSPS) is 26.0. The Morgan fingerprint density at radius 1 is 1.17 bits per heavy atom. The van der Waals surface area contributed by atoms with Crippen LogP contribution in [0.5, 0.6) is 0 Å². The third-order valence-corrected chi connectivity index (χ3v) is 5.06. The number of carbonyl (C=O) groups is 2. The Kier molecular flexibility index (Phi) is 4.78. The maximum absolute atomic E-state index is 12.5. The number of anilines is 2. The molecule has 0 spiro atoms. The van der Waals surface area contributed by atoms with Gasteiger partial charge in [0.25, 0.3) is 0 Å². The zero-order valence-corrected chi connectivity index (χ0v) is 14.8. The zero-order chi connectivity index (χ0) is 17.3.